The highest BCUT2D eigenvalue weighted by Crippen LogP contribution is 2.18. The first-order chi connectivity index (χ1) is 10.5. The number of aryl methyl sites for hydroxylation is 1. The van der Waals surface area contributed by atoms with Crippen LogP contribution in [-0.4, -0.2) is 15.9 Å². The molecule has 0 atom stereocenters. The molecule has 2 aromatic heterocycles. The highest BCUT2D eigenvalue weighted by atomic mass is 32.1. The second-order valence-electron chi connectivity index (χ2n) is 5.42. The highest BCUT2D eigenvalue weighted by Gasteiger charge is 2.09. The maximum Gasteiger partial charge on any atom is 0.187 e. The van der Waals surface area contributed by atoms with Gasteiger partial charge in [0.25, 0.3) is 0 Å². The number of nitrogens with zero attached hydrogens (tertiary/aromatic N) is 2. The highest BCUT2D eigenvalue weighted by molar-refractivity contribution is 7.80. The van der Waals surface area contributed by atoms with E-state index in [9.17, 15) is 0 Å². The van der Waals surface area contributed by atoms with Gasteiger partial charge in [0, 0.05) is 23.0 Å². The Kier molecular flexibility index (Phi) is 5.38. The van der Waals surface area contributed by atoms with E-state index < -0.39 is 0 Å². The SMILES string of the molecule is Cc1cc(/C=N\NC(=S)NCc2ccco2)c(C)n1C(C)C. The lowest BCUT2D eigenvalue weighted by atomic mass is 10.2. The van der Waals surface area contributed by atoms with Crippen molar-refractivity contribution in [1.82, 2.24) is 15.3 Å². The number of hydrazone groups is 1. The summed E-state index contributed by atoms with van der Waals surface area (Å²) in [6.45, 7) is 9.09. The van der Waals surface area contributed by atoms with Gasteiger partial charge in [0.2, 0.25) is 0 Å². The van der Waals surface area contributed by atoms with E-state index in [0.29, 0.717) is 17.7 Å². The molecule has 0 amide bonds. The molecule has 5 nitrogen and oxygen atoms in total. The Morgan fingerprint density at radius 2 is 2.23 bits per heavy atom. The number of nitrogens with one attached hydrogen (secondary N) is 2. The zero-order valence-electron chi connectivity index (χ0n) is 13.4. The third kappa shape index (κ3) is 3.98. The molecule has 0 aliphatic carbocycles. The van der Waals surface area contributed by atoms with Crippen LogP contribution in [0.25, 0.3) is 0 Å². The predicted molar refractivity (Wildman–Crippen MR) is 93.2 cm³/mol. The minimum Gasteiger partial charge on any atom is -0.467 e. The molecule has 22 heavy (non-hydrogen) atoms. The van der Waals surface area contributed by atoms with Crippen LogP contribution in [0.3, 0.4) is 0 Å². The lowest BCUT2D eigenvalue weighted by Crippen LogP contribution is -2.31. The Morgan fingerprint density at radius 1 is 1.45 bits per heavy atom. The summed E-state index contributed by atoms with van der Waals surface area (Å²) in [6, 6.07) is 6.29. The molecule has 0 fully saturated rings. The zero-order chi connectivity index (χ0) is 16.1. The molecule has 0 aliphatic rings. The number of thiocarbonyl (C=S) groups is 1. The van der Waals surface area contributed by atoms with Crippen molar-refractivity contribution in [1.29, 1.82) is 0 Å². The largest absolute Gasteiger partial charge is 0.467 e. The van der Waals surface area contributed by atoms with Crippen LogP contribution in [0.4, 0.5) is 0 Å². The summed E-state index contributed by atoms with van der Waals surface area (Å²) in [5, 5.41) is 7.69. The first kappa shape index (κ1) is 16.3. The average Bonchev–Trinajstić information content (AvgIpc) is 3.05. The smallest absolute Gasteiger partial charge is 0.187 e. The van der Waals surface area contributed by atoms with E-state index in [0.717, 1.165) is 11.3 Å². The minimum absolute atomic E-state index is 0.436. The van der Waals surface area contributed by atoms with Crippen LogP contribution >= 0.6 is 12.2 Å². The van der Waals surface area contributed by atoms with Crippen LogP contribution in [0.15, 0.2) is 34.0 Å². The van der Waals surface area contributed by atoms with Crippen molar-refractivity contribution in [2.75, 3.05) is 0 Å². The van der Waals surface area contributed by atoms with E-state index in [1.54, 1.807) is 12.5 Å². The quantitative estimate of drug-likeness (QED) is 0.505. The van der Waals surface area contributed by atoms with E-state index in [-0.39, 0.29) is 0 Å². The van der Waals surface area contributed by atoms with E-state index in [1.165, 1.54) is 11.4 Å². The molecule has 0 aliphatic heterocycles. The predicted octanol–water partition coefficient (Wildman–Crippen LogP) is 3.28. The minimum atomic E-state index is 0.436. The lowest BCUT2D eigenvalue weighted by molar-refractivity contribution is 0.502. The molecule has 0 saturated heterocycles. The number of hydrogen-bond acceptors (Lipinski definition) is 3. The second kappa shape index (κ2) is 7.26. The Morgan fingerprint density at radius 3 is 2.82 bits per heavy atom. The Balaban J connectivity index is 1.89. The number of rotatable bonds is 5. The van der Waals surface area contributed by atoms with Gasteiger partial charge in [-0.3, -0.25) is 5.43 Å². The summed E-state index contributed by atoms with van der Waals surface area (Å²) >= 11 is 5.17. The van der Waals surface area contributed by atoms with Gasteiger partial charge < -0.3 is 14.3 Å². The molecular weight excluding hydrogens is 296 g/mol. The molecule has 0 bridgehead atoms. The van der Waals surface area contributed by atoms with Crippen molar-refractivity contribution in [3.05, 3.63) is 47.2 Å². The third-order valence-corrected chi connectivity index (χ3v) is 3.65. The van der Waals surface area contributed by atoms with E-state index in [1.807, 2.05) is 12.1 Å². The Hall–Kier alpha value is -2.08. The van der Waals surface area contributed by atoms with Crippen molar-refractivity contribution in [2.24, 2.45) is 5.10 Å². The molecule has 0 radical (unpaired) electrons. The van der Waals surface area contributed by atoms with E-state index >= 15 is 0 Å². The van der Waals surface area contributed by atoms with E-state index in [4.69, 9.17) is 16.6 Å². The second-order valence-corrected chi connectivity index (χ2v) is 5.83. The standard InChI is InChI=1S/C16H22N4OS/c1-11(2)20-12(3)8-14(13(20)4)9-18-19-16(22)17-10-15-6-5-7-21-15/h5-9,11H,10H2,1-4H3,(H2,17,19,22)/b18-9-. The molecule has 0 aromatic carbocycles. The Labute approximate surface area is 136 Å². The van der Waals surface area contributed by atoms with Crippen molar-refractivity contribution >= 4 is 23.5 Å². The Bertz CT molecular complexity index is 656. The zero-order valence-corrected chi connectivity index (χ0v) is 14.2. The van der Waals surface area contributed by atoms with Crippen molar-refractivity contribution in [3.8, 4) is 0 Å². The van der Waals surface area contributed by atoms with Crippen LogP contribution in [0.1, 0.15) is 42.6 Å². The number of hydrogen-bond donors (Lipinski definition) is 2. The summed E-state index contributed by atoms with van der Waals surface area (Å²) in [7, 11) is 0. The summed E-state index contributed by atoms with van der Waals surface area (Å²) in [5.41, 5.74) is 6.34. The van der Waals surface area contributed by atoms with Gasteiger partial charge in [0.15, 0.2) is 5.11 Å². The molecule has 2 heterocycles. The topological polar surface area (TPSA) is 54.5 Å². The molecule has 118 valence electrons. The van der Waals surface area contributed by atoms with Gasteiger partial charge in [-0.15, -0.1) is 0 Å². The van der Waals surface area contributed by atoms with Gasteiger partial charge in [0.05, 0.1) is 19.0 Å². The van der Waals surface area contributed by atoms with E-state index in [2.05, 4.69) is 54.2 Å². The fraction of sp³-hybridized carbons (Fsp3) is 0.375. The molecule has 2 aromatic rings. The maximum absolute atomic E-state index is 5.22. The molecular formula is C16H22N4OS. The van der Waals surface area contributed by atoms with Gasteiger partial charge in [-0.25, -0.2) is 0 Å². The molecule has 0 unspecified atom stereocenters. The first-order valence-electron chi connectivity index (χ1n) is 7.26. The van der Waals surface area contributed by atoms with Gasteiger partial charge in [-0.1, -0.05) is 0 Å². The maximum atomic E-state index is 5.22. The van der Waals surface area contributed by atoms with Gasteiger partial charge in [-0.05, 0) is 58.1 Å². The van der Waals surface area contributed by atoms with Crippen LogP contribution in [0.2, 0.25) is 0 Å². The van der Waals surface area contributed by atoms with Gasteiger partial charge in [-0.2, -0.15) is 5.10 Å². The normalized spacial score (nSPS) is 11.3. The van der Waals surface area contributed by atoms with Crippen LogP contribution in [0, 0.1) is 13.8 Å². The molecule has 2 rings (SSSR count). The van der Waals surface area contributed by atoms with Crippen molar-refractivity contribution < 1.29 is 4.42 Å². The van der Waals surface area contributed by atoms with Gasteiger partial charge >= 0.3 is 0 Å². The number of furan rings is 1. The number of aromatic nitrogens is 1. The first-order valence-corrected chi connectivity index (χ1v) is 7.67. The van der Waals surface area contributed by atoms with Crippen LogP contribution in [0.5, 0.6) is 0 Å². The molecule has 6 heteroatoms. The molecule has 0 spiro atoms. The van der Waals surface area contributed by atoms with Crippen molar-refractivity contribution in [3.63, 3.8) is 0 Å². The summed E-state index contributed by atoms with van der Waals surface area (Å²) in [4.78, 5) is 0. The third-order valence-electron chi connectivity index (χ3n) is 3.41. The average molecular weight is 318 g/mol. The summed E-state index contributed by atoms with van der Waals surface area (Å²) < 4.78 is 7.51. The summed E-state index contributed by atoms with van der Waals surface area (Å²) in [6.07, 6.45) is 3.43. The fourth-order valence-electron chi connectivity index (χ4n) is 2.51. The molecule has 2 N–H and O–H groups in total. The van der Waals surface area contributed by atoms with Crippen molar-refractivity contribution in [2.45, 2.75) is 40.3 Å². The monoisotopic (exact) mass is 318 g/mol. The lowest BCUT2D eigenvalue weighted by Gasteiger charge is -2.13. The van der Waals surface area contributed by atoms with Gasteiger partial charge in [0.1, 0.15) is 5.76 Å². The van der Waals surface area contributed by atoms with Crippen LogP contribution < -0.4 is 10.7 Å². The fourth-order valence-corrected chi connectivity index (χ4v) is 2.63. The summed E-state index contributed by atoms with van der Waals surface area (Å²) in [5.74, 6) is 0.827. The molecule has 0 saturated carbocycles. The van der Waals surface area contributed by atoms with Crippen LogP contribution in [-0.2, 0) is 6.54 Å².